The molecule has 6 heteroatoms. The van der Waals surface area contributed by atoms with Crippen LogP contribution in [-0.4, -0.2) is 44.9 Å². The lowest BCUT2D eigenvalue weighted by molar-refractivity contribution is -0.133. The van der Waals surface area contributed by atoms with Crippen molar-refractivity contribution in [1.82, 2.24) is 0 Å². The lowest BCUT2D eigenvalue weighted by Gasteiger charge is -2.20. The summed E-state index contributed by atoms with van der Waals surface area (Å²) in [4.78, 5) is 0. The summed E-state index contributed by atoms with van der Waals surface area (Å²) in [5.74, 6) is 0.842. The fourth-order valence-corrected chi connectivity index (χ4v) is 2.79. The summed E-state index contributed by atoms with van der Waals surface area (Å²) in [7, 11) is 4.65. The van der Waals surface area contributed by atoms with E-state index >= 15 is 0 Å². The largest absolute Gasteiger partial charge is 0.493 e. The van der Waals surface area contributed by atoms with Crippen LogP contribution in [0.15, 0.2) is 24.3 Å². The monoisotopic (exact) mass is 352 g/mol. The zero-order chi connectivity index (χ0) is 18.6. The third-order valence-electron chi connectivity index (χ3n) is 4.19. The molecule has 1 aliphatic rings. The van der Waals surface area contributed by atoms with E-state index in [1.54, 1.807) is 33.5 Å². The lowest BCUT2D eigenvalue weighted by Crippen LogP contribution is -2.20. The Morgan fingerprint density at radius 1 is 1.16 bits per heavy atom. The molecule has 0 aromatic heterocycles. The molecule has 0 saturated carbocycles. The molecule has 6 nitrogen and oxygen atoms in total. The summed E-state index contributed by atoms with van der Waals surface area (Å²) in [5.41, 5.74) is 0.690. The van der Waals surface area contributed by atoms with E-state index in [0.29, 0.717) is 29.4 Å². The summed E-state index contributed by atoms with van der Waals surface area (Å²) >= 11 is 0. The van der Waals surface area contributed by atoms with Gasteiger partial charge in [0.2, 0.25) is 5.75 Å². The molecule has 1 heterocycles. The van der Waals surface area contributed by atoms with Gasteiger partial charge in [-0.3, -0.25) is 0 Å². The van der Waals surface area contributed by atoms with Crippen LogP contribution in [0.2, 0.25) is 0 Å². The average molecular weight is 352 g/mol. The molecule has 25 heavy (non-hydrogen) atoms. The summed E-state index contributed by atoms with van der Waals surface area (Å²) in [6.45, 7) is 6.21. The molecule has 1 aromatic rings. The fraction of sp³-hybridized carbons (Fsp3) is 0.579. The second-order valence-corrected chi connectivity index (χ2v) is 6.51. The van der Waals surface area contributed by atoms with Crippen molar-refractivity contribution in [3.05, 3.63) is 29.8 Å². The Kier molecular flexibility index (Phi) is 6.32. The van der Waals surface area contributed by atoms with Gasteiger partial charge in [0.15, 0.2) is 17.3 Å². The number of benzene rings is 1. The van der Waals surface area contributed by atoms with Crippen LogP contribution in [-0.2, 0) is 9.47 Å². The quantitative estimate of drug-likeness (QED) is 0.761. The van der Waals surface area contributed by atoms with Crippen molar-refractivity contribution in [2.75, 3.05) is 27.9 Å². The van der Waals surface area contributed by atoms with Crippen LogP contribution >= 0.6 is 0 Å². The topological polar surface area (TPSA) is 66.4 Å². The van der Waals surface area contributed by atoms with Gasteiger partial charge in [-0.15, -0.1) is 0 Å². The predicted octanol–water partition coefficient (Wildman–Crippen LogP) is 3.09. The van der Waals surface area contributed by atoms with Crippen molar-refractivity contribution in [2.45, 2.75) is 38.8 Å². The van der Waals surface area contributed by atoms with Crippen molar-refractivity contribution in [3.8, 4) is 17.2 Å². The molecule has 0 aliphatic carbocycles. The standard InChI is InChI=1S/C19H28O6/c1-12(7-8-14-11-24-19(2,3)25-14)17(20)13-9-15(21-4)18(23-6)16(10-13)22-5/h7-10,12,14,17,20H,11H2,1-6H3/b8-7+/t12-,14-,17+/m0/s1. The summed E-state index contributed by atoms with van der Waals surface area (Å²) in [6.07, 6.45) is 3.04. The maximum absolute atomic E-state index is 10.7. The van der Waals surface area contributed by atoms with E-state index in [1.807, 2.05) is 32.9 Å². The third kappa shape index (κ3) is 4.66. The molecule has 140 valence electrons. The van der Waals surface area contributed by atoms with Crippen LogP contribution in [0, 0.1) is 5.92 Å². The van der Waals surface area contributed by atoms with Crippen molar-refractivity contribution < 1.29 is 28.8 Å². The number of aliphatic hydroxyl groups is 1. The molecule has 2 rings (SSSR count). The van der Waals surface area contributed by atoms with E-state index in [1.165, 1.54) is 0 Å². The highest BCUT2D eigenvalue weighted by molar-refractivity contribution is 5.54. The van der Waals surface area contributed by atoms with Gasteiger partial charge in [0, 0.05) is 5.92 Å². The zero-order valence-electron chi connectivity index (χ0n) is 15.7. The highest BCUT2D eigenvalue weighted by atomic mass is 16.7. The molecule has 1 saturated heterocycles. The van der Waals surface area contributed by atoms with Crippen LogP contribution in [0.25, 0.3) is 0 Å². The average Bonchev–Trinajstić information content (AvgIpc) is 2.96. The van der Waals surface area contributed by atoms with Crippen LogP contribution in [0.3, 0.4) is 0 Å². The molecular weight excluding hydrogens is 324 g/mol. The molecule has 0 spiro atoms. The van der Waals surface area contributed by atoms with Gasteiger partial charge in [-0.05, 0) is 31.5 Å². The van der Waals surface area contributed by atoms with Crippen LogP contribution in [0.1, 0.15) is 32.4 Å². The minimum Gasteiger partial charge on any atom is -0.493 e. The molecule has 1 aromatic carbocycles. The molecule has 0 unspecified atom stereocenters. The first-order valence-electron chi connectivity index (χ1n) is 8.29. The smallest absolute Gasteiger partial charge is 0.203 e. The summed E-state index contributed by atoms with van der Waals surface area (Å²) in [5, 5.41) is 10.7. The van der Waals surface area contributed by atoms with Gasteiger partial charge >= 0.3 is 0 Å². The van der Waals surface area contributed by atoms with Gasteiger partial charge in [-0.1, -0.05) is 19.1 Å². The van der Waals surface area contributed by atoms with E-state index in [0.717, 1.165) is 0 Å². The number of hydrogen-bond donors (Lipinski definition) is 1. The number of ether oxygens (including phenoxy) is 5. The lowest BCUT2D eigenvalue weighted by atomic mass is 9.96. The minimum atomic E-state index is -0.722. The Morgan fingerprint density at radius 3 is 2.20 bits per heavy atom. The van der Waals surface area contributed by atoms with Gasteiger partial charge in [-0.2, -0.15) is 0 Å². The van der Waals surface area contributed by atoms with E-state index in [4.69, 9.17) is 23.7 Å². The minimum absolute atomic E-state index is 0.107. The molecule has 3 atom stereocenters. The Bertz CT molecular complexity index is 585. The molecular formula is C19H28O6. The van der Waals surface area contributed by atoms with Gasteiger partial charge < -0.3 is 28.8 Å². The normalized spacial score (nSPS) is 22.0. The maximum Gasteiger partial charge on any atom is 0.203 e. The SMILES string of the molecule is COc1cc([C@H](O)[C@@H](C)/C=C/[C@H]2COC(C)(C)O2)cc(OC)c1OC. The van der Waals surface area contributed by atoms with E-state index < -0.39 is 11.9 Å². The van der Waals surface area contributed by atoms with E-state index in [2.05, 4.69) is 0 Å². The second kappa shape index (κ2) is 8.08. The number of hydrogen-bond acceptors (Lipinski definition) is 6. The highest BCUT2D eigenvalue weighted by Crippen LogP contribution is 2.41. The van der Waals surface area contributed by atoms with E-state index in [-0.39, 0.29) is 12.0 Å². The van der Waals surface area contributed by atoms with E-state index in [9.17, 15) is 5.11 Å². The predicted molar refractivity (Wildman–Crippen MR) is 94.3 cm³/mol. The van der Waals surface area contributed by atoms with Crippen molar-refractivity contribution >= 4 is 0 Å². The highest BCUT2D eigenvalue weighted by Gasteiger charge is 2.31. The molecule has 0 bridgehead atoms. The Morgan fingerprint density at radius 2 is 1.76 bits per heavy atom. The van der Waals surface area contributed by atoms with Gasteiger partial charge in [0.25, 0.3) is 0 Å². The fourth-order valence-electron chi connectivity index (χ4n) is 2.79. The molecule has 1 N–H and O–H groups in total. The first kappa shape index (κ1) is 19.6. The summed E-state index contributed by atoms with van der Waals surface area (Å²) < 4.78 is 27.3. The molecule has 1 aliphatic heterocycles. The molecule has 0 radical (unpaired) electrons. The van der Waals surface area contributed by atoms with Crippen LogP contribution in [0.4, 0.5) is 0 Å². The van der Waals surface area contributed by atoms with Gasteiger partial charge in [-0.25, -0.2) is 0 Å². The first-order chi connectivity index (χ1) is 11.8. The van der Waals surface area contributed by atoms with Gasteiger partial charge in [0.1, 0.15) is 6.10 Å². The van der Waals surface area contributed by atoms with Crippen molar-refractivity contribution in [1.29, 1.82) is 0 Å². The van der Waals surface area contributed by atoms with Crippen LogP contribution < -0.4 is 14.2 Å². The second-order valence-electron chi connectivity index (χ2n) is 6.51. The molecule has 0 amide bonds. The molecule has 1 fully saturated rings. The zero-order valence-corrected chi connectivity index (χ0v) is 15.7. The van der Waals surface area contributed by atoms with Crippen molar-refractivity contribution in [2.24, 2.45) is 5.92 Å². The first-order valence-corrected chi connectivity index (χ1v) is 8.29. The third-order valence-corrected chi connectivity index (χ3v) is 4.19. The number of aliphatic hydroxyl groups excluding tert-OH is 1. The Hall–Kier alpha value is -1.76. The Labute approximate surface area is 149 Å². The van der Waals surface area contributed by atoms with Crippen molar-refractivity contribution in [3.63, 3.8) is 0 Å². The summed E-state index contributed by atoms with van der Waals surface area (Å²) in [6, 6.07) is 3.52. The number of methoxy groups -OCH3 is 3. The Balaban J connectivity index is 2.15. The van der Waals surface area contributed by atoms with Gasteiger partial charge in [0.05, 0.1) is 34.0 Å². The van der Waals surface area contributed by atoms with Crippen LogP contribution in [0.5, 0.6) is 17.2 Å². The maximum atomic E-state index is 10.7. The number of rotatable bonds is 7.